The summed E-state index contributed by atoms with van der Waals surface area (Å²) < 4.78 is 46.8. The van der Waals surface area contributed by atoms with Crippen molar-refractivity contribution in [1.29, 1.82) is 0 Å². The summed E-state index contributed by atoms with van der Waals surface area (Å²) in [5.74, 6) is 0.00302. The number of alkyl halides is 3. The number of nitrogens with two attached hydrogens (primary N) is 1. The number of fused-ring (bicyclic) bond motifs is 1. The van der Waals surface area contributed by atoms with E-state index in [-0.39, 0.29) is 22.3 Å². The van der Waals surface area contributed by atoms with E-state index in [0.717, 1.165) is 17.2 Å². The summed E-state index contributed by atoms with van der Waals surface area (Å²) in [6.45, 7) is 12.4. The summed E-state index contributed by atoms with van der Waals surface area (Å²) in [5, 5.41) is 0.617. The van der Waals surface area contributed by atoms with E-state index >= 15 is 0 Å². The summed E-state index contributed by atoms with van der Waals surface area (Å²) in [6, 6.07) is 9.47. The molecule has 150 valence electrons. The number of anilines is 1. The van der Waals surface area contributed by atoms with E-state index < -0.39 is 11.7 Å². The molecule has 0 saturated carbocycles. The van der Waals surface area contributed by atoms with Crippen molar-refractivity contribution in [1.82, 2.24) is 0 Å². The molecular formula is C23H26F3NO. The van der Waals surface area contributed by atoms with Crippen LogP contribution in [0.2, 0.25) is 0 Å². The summed E-state index contributed by atoms with van der Waals surface area (Å²) in [5.41, 5.74) is 7.82. The number of rotatable bonds is 1. The minimum absolute atomic E-state index is 0.00302. The van der Waals surface area contributed by atoms with Gasteiger partial charge in [-0.05, 0) is 34.1 Å². The minimum atomic E-state index is -4.48. The van der Waals surface area contributed by atoms with Crippen LogP contribution in [0.25, 0.3) is 22.1 Å². The third kappa shape index (κ3) is 3.50. The summed E-state index contributed by atoms with van der Waals surface area (Å²) >= 11 is 0. The van der Waals surface area contributed by atoms with Gasteiger partial charge in [-0.15, -0.1) is 0 Å². The molecule has 3 aromatic rings. The second-order valence-corrected chi connectivity index (χ2v) is 9.29. The fourth-order valence-corrected chi connectivity index (χ4v) is 3.43. The lowest BCUT2D eigenvalue weighted by molar-refractivity contribution is -0.137. The smallest absolute Gasteiger partial charge is 0.417 e. The Labute approximate surface area is 163 Å². The highest BCUT2D eigenvalue weighted by molar-refractivity contribution is 6.02. The van der Waals surface area contributed by atoms with Crippen molar-refractivity contribution in [2.24, 2.45) is 0 Å². The normalized spacial score (nSPS) is 13.3. The molecule has 0 spiro atoms. The van der Waals surface area contributed by atoms with E-state index in [1.807, 2.05) is 6.07 Å². The number of hydrogen-bond donors (Lipinski definition) is 1. The van der Waals surface area contributed by atoms with Gasteiger partial charge in [-0.1, -0.05) is 65.8 Å². The molecule has 0 bridgehead atoms. The predicted octanol–water partition coefficient (Wildman–Crippen LogP) is 7.30. The molecule has 0 fully saturated rings. The van der Waals surface area contributed by atoms with Crippen LogP contribution in [0.3, 0.4) is 0 Å². The molecule has 0 unspecified atom stereocenters. The Kier molecular flexibility index (Phi) is 4.56. The van der Waals surface area contributed by atoms with Crippen molar-refractivity contribution in [2.75, 3.05) is 5.73 Å². The zero-order chi connectivity index (χ0) is 21.1. The molecule has 28 heavy (non-hydrogen) atoms. The Morgan fingerprint density at radius 3 is 1.96 bits per heavy atom. The zero-order valence-electron chi connectivity index (χ0n) is 17.1. The van der Waals surface area contributed by atoms with Gasteiger partial charge >= 0.3 is 6.18 Å². The molecule has 1 heterocycles. The maximum Gasteiger partial charge on any atom is 0.417 e. The third-order valence-electron chi connectivity index (χ3n) is 4.99. The topological polar surface area (TPSA) is 39.2 Å². The fraction of sp³-hybridized carbons (Fsp3) is 0.391. The Hall–Kier alpha value is -2.43. The van der Waals surface area contributed by atoms with Gasteiger partial charge < -0.3 is 10.2 Å². The maximum absolute atomic E-state index is 13.6. The lowest BCUT2D eigenvalue weighted by Gasteiger charge is -2.25. The maximum atomic E-state index is 13.6. The van der Waals surface area contributed by atoms with Crippen molar-refractivity contribution in [2.45, 2.75) is 58.5 Å². The average molecular weight is 389 g/mol. The van der Waals surface area contributed by atoms with Crippen molar-refractivity contribution in [3.8, 4) is 11.1 Å². The van der Waals surface area contributed by atoms with Crippen LogP contribution >= 0.6 is 0 Å². The number of furan rings is 1. The predicted molar refractivity (Wildman–Crippen MR) is 108 cm³/mol. The first-order chi connectivity index (χ1) is 12.7. The Morgan fingerprint density at radius 2 is 1.43 bits per heavy atom. The molecule has 2 nitrogen and oxygen atoms in total. The number of halogens is 3. The van der Waals surface area contributed by atoms with Crippen LogP contribution in [0.15, 0.2) is 40.8 Å². The van der Waals surface area contributed by atoms with Crippen LogP contribution in [-0.2, 0) is 17.0 Å². The summed E-state index contributed by atoms with van der Waals surface area (Å²) in [7, 11) is 0. The van der Waals surface area contributed by atoms with Crippen LogP contribution in [0, 0.1) is 0 Å². The quantitative estimate of drug-likeness (QED) is 0.474. The largest absolute Gasteiger partial charge is 0.440 e. The first-order valence-corrected chi connectivity index (χ1v) is 9.25. The molecule has 1 aromatic heterocycles. The van der Waals surface area contributed by atoms with Crippen molar-refractivity contribution in [3.05, 3.63) is 53.1 Å². The molecule has 0 amide bonds. The molecule has 0 atom stereocenters. The first-order valence-electron chi connectivity index (χ1n) is 9.25. The second kappa shape index (κ2) is 6.29. The van der Waals surface area contributed by atoms with Gasteiger partial charge in [-0.3, -0.25) is 0 Å². The van der Waals surface area contributed by atoms with Gasteiger partial charge in [0.15, 0.2) is 5.88 Å². The molecular weight excluding hydrogens is 363 g/mol. The third-order valence-corrected chi connectivity index (χ3v) is 4.99. The fourth-order valence-electron chi connectivity index (χ4n) is 3.43. The second-order valence-electron chi connectivity index (χ2n) is 9.29. The molecule has 0 aliphatic rings. The molecule has 5 heteroatoms. The van der Waals surface area contributed by atoms with E-state index in [0.29, 0.717) is 16.5 Å². The van der Waals surface area contributed by atoms with Crippen LogP contribution in [0.1, 0.15) is 58.2 Å². The van der Waals surface area contributed by atoms with Gasteiger partial charge in [0.05, 0.1) is 11.1 Å². The first kappa shape index (κ1) is 20.3. The van der Waals surface area contributed by atoms with Gasteiger partial charge in [-0.2, -0.15) is 13.2 Å². The monoisotopic (exact) mass is 389 g/mol. The van der Waals surface area contributed by atoms with Crippen LogP contribution in [-0.4, -0.2) is 0 Å². The standard InChI is InChI=1S/C23H26F3NO/c1-21(2,3)13-11-15-18(14-9-7-8-10-16(14)23(24,25)26)20(27)28-19(15)17(12-13)22(4,5)6/h7-12H,27H2,1-6H3. The van der Waals surface area contributed by atoms with Gasteiger partial charge in [-0.25, -0.2) is 0 Å². The molecule has 0 radical (unpaired) electrons. The Morgan fingerprint density at radius 1 is 0.821 bits per heavy atom. The van der Waals surface area contributed by atoms with Gasteiger partial charge in [0, 0.05) is 10.9 Å². The number of nitrogen functional groups attached to an aromatic ring is 1. The van der Waals surface area contributed by atoms with Crippen molar-refractivity contribution < 1.29 is 17.6 Å². The number of hydrogen-bond acceptors (Lipinski definition) is 2. The van der Waals surface area contributed by atoms with E-state index in [2.05, 4.69) is 47.6 Å². The van der Waals surface area contributed by atoms with Crippen molar-refractivity contribution in [3.63, 3.8) is 0 Å². The SMILES string of the molecule is CC(C)(C)c1cc(C(C)(C)C)c2oc(N)c(-c3ccccc3C(F)(F)F)c2c1. The molecule has 0 saturated heterocycles. The van der Waals surface area contributed by atoms with Crippen molar-refractivity contribution >= 4 is 16.9 Å². The van der Waals surface area contributed by atoms with E-state index in [1.165, 1.54) is 12.1 Å². The van der Waals surface area contributed by atoms with Gasteiger partial charge in [0.2, 0.25) is 0 Å². The lowest BCUT2D eigenvalue weighted by atomic mass is 9.79. The molecule has 0 aliphatic carbocycles. The zero-order valence-corrected chi connectivity index (χ0v) is 17.1. The van der Waals surface area contributed by atoms with E-state index in [4.69, 9.17) is 10.2 Å². The number of benzene rings is 2. The summed E-state index contributed by atoms with van der Waals surface area (Å²) in [4.78, 5) is 0. The molecule has 2 N–H and O–H groups in total. The summed E-state index contributed by atoms with van der Waals surface area (Å²) in [6.07, 6.45) is -4.48. The Balaban J connectivity index is 2.46. The lowest BCUT2D eigenvalue weighted by Crippen LogP contribution is -2.16. The van der Waals surface area contributed by atoms with E-state index in [9.17, 15) is 13.2 Å². The van der Waals surface area contributed by atoms with Crippen LogP contribution in [0.5, 0.6) is 0 Å². The molecule has 2 aromatic carbocycles. The highest BCUT2D eigenvalue weighted by Crippen LogP contribution is 2.46. The van der Waals surface area contributed by atoms with E-state index in [1.54, 1.807) is 6.07 Å². The highest BCUT2D eigenvalue weighted by Gasteiger charge is 2.35. The molecule has 0 aliphatic heterocycles. The highest BCUT2D eigenvalue weighted by atomic mass is 19.4. The van der Waals surface area contributed by atoms with Crippen LogP contribution in [0.4, 0.5) is 19.1 Å². The molecule has 3 rings (SSSR count). The van der Waals surface area contributed by atoms with Gasteiger partial charge in [0.25, 0.3) is 0 Å². The van der Waals surface area contributed by atoms with Gasteiger partial charge in [0.1, 0.15) is 5.58 Å². The average Bonchev–Trinajstić information content (AvgIpc) is 2.86. The Bertz CT molecular complexity index is 1030. The van der Waals surface area contributed by atoms with Crippen LogP contribution < -0.4 is 5.73 Å². The minimum Gasteiger partial charge on any atom is -0.440 e.